The Morgan fingerprint density at radius 3 is 2.26 bits per heavy atom. The molecule has 15 heteroatoms. The molecule has 1 aromatic carbocycles. The summed E-state index contributed by atoms with van der Waals surface area (Å²) in [6, 6.07) is 7.64. The highest BCUT2D eigenvalue weighted by Gasteiger charge is 2.52. The van der Waals surface area contributed by atoms with Crippen LogP contribution in [0.15, 0.2) is 29.4 Å². The maximum Gasteiger partial charge on any atom is 0.303 e. The number of fused-ring (bicyclic) bond motifs is 1. The monoisotopic (exact) mass is 597 g/mol. The summed E-state index contributed by atoms with van der Waals surface area (Å²) >= 11 is 8.99. The molecule has 0 amide bonds. The van der Waals surface area contributed by atoms with Crippen molar-refractivity contribution in [2.45, 2.75) is 62.7 Å². The lowest BCUT2D eigenvalue weighted by molar-refractivity contribution is -0.237. The van der Waals surface area contributed by atoms with Crippen LogP contribution in [0.1, 0.15) is 27.7 Å². The Balaban J connectivity index is 1.66. The molecule has 1 aliphatic rings. The van der Waals surface area contributed by atoms with E-state index < -0.39 is 53.7 Å². The van der Waals surface area contributed by atoms with E-state index in [0.717, 1.165) is 35.7 Å². The minimum atomic E-state index is -1.28. The summed E-state index contributed by atoms with van der Waals surface area (Å²) < 4.78 is 28.5. The molecule has 12 nitrogen and oxygen atoms in total. The number of benzene rings is 1. The number of aromatic amines is 1. The molecule has 3 aromatic rings. The molecule has 0 radical (unpaired) electrons. The normalized spacial score (nSPS) is 22.7. The smallest absolute Gasteiger partial charge is 0.303 e. The maximum absolute atomic E-state index is 12.0. The maximum atomic E-state index is 12.0. The number of carbonyl (C=O) groups is 4. The third-order valence-electron chi connectivity index (χ3n) is 5.38. The molecule has 0 spiro atoms. The molecule has 1 aliphatic heterocycles. The van der Waals surface area contributed by atoms with Gasteiger partial charge in [0.05, 0.1) is 9.90 Å². The summed E-state index contributed by atoms with van der Waals surface area (Å²) in [4.78, 5) is 52.6. The zero-order valence-corrected chi connectivity index (χ0v) is 23.6. The minimum absolute atomic E-state index is 0.208. The highest BCUT2D eigenvalue weighted by molar-refractivity contribution is 7.99. The number of rotatable bonds is 8. The molecule has 39 heavy (non-hydrogen) atoms. The quantitative estimate of drug-likeness (QED) is 0.298. The number of esters is 4. The van der Waals surface area contributed by atoms with Crippen molar-refractivity contribution < 1.29 is 42.9 Å². The van der Waals surface area contributed by atoms with Crippen LogP contribution in [0, 0.1) is 0 Å². The summed E-state index contributed by atoms with van der Waals surface area (Å²) in [5.74, 6) is -2.31. The highest BCUT2D eigenvalue weighted by atomic mass is 35.5. The number of H-pyrrole nitrogens is 1. The van der Waals surface area contributed by atoms with E-state index >= 15 is 0 Å². The van der Waals surface area contributed by atoms with Crippen LogP contribution < -0.4 is 0 Å². The van der Waals surface area contributed by atoms with Gasteiger partial charge in [0.25, 0.3) is 0 Å². The number of halogens is 1. The van der Waals surface area contributed by atoms with Crippen LogP contribution in [0.25, 0.3) is 20.8 Å². The molecule has 1 N–H and O–H groups in total. The van der Waals surface area contributed by atoms with Crippen molar-refractivity contribution in [1.82, 2.24) is 15.2 Å². The molecule has 3 heterocycles. The van der Waals surface area contributed by atoms with Crippen LogP contribution in [0.2, 0.25) is 5.02 Å². The Bertz CT molecular complexity index is 1390. The first-order valence-electron chi connectivity index (χ1n) is 11.6. The number of nitrogens with one attached hydrogen (secondary N) is 1. The predicted octanol–water partition coefficient (Wildman–Crippen LogP) is 3.52. The van der Waals surface area contributed by atoms with Gasteiger partial charge in [0.1, 0.15) is 12.7 Å². The van der Waals surface area contributed by atoms with E-state index in [4.69, 9.17) is 35.3 Å². The Morgan fingerprint density at radius 2 is 1.62 bits per heavy atom. The first-order chi connectivity index (χ1) is 18.5. The van der Waals surface area contributed by atoms with Gasteiger partial charge in [-0.1, -0.05) is 29.8 Å². The van der Waals surface area contributed by atoms with E-state index in [1.54, 1.807) is 0 Å². The topological polar surface area (TPSA) is 156 Å². The summed E-state index contributed by atoms with van der Waals surface area (Å²) in [7, 11) is 0. The second-order valence-corrected chi connectivity index (χ2v) is 10.9. The fourth-order valence-corrected chi connectivity index (χ4v) is 6.41. The number of hydrogen-bond donors (Lipinski definition) is 1. The number of aromatic nitrogens is 3. The molecular weight excluding hydrogens is 574 g/mol. The van der Waals surface area contributed by atoms with Gasteiger partial charge >= 0.3 is 23.9 Å². The minimum Gasteiger partial charge on any atom is -0.463 e. The van der Waals surface area contributed by atoms with E-state index in [1.807, 2.05) is 24.3 Å². The summed E-state index contributed by atoms with van der Waals surface area (Å²) in [6.45, 7) is 4.36. The lowest BCUT2D eigenvalue weighted by atomic mass is 9.99. The summed E-state index contributed by atoms with van der Waals surface area (Å²) in [6.07, 6.45) is -4.82. The highest BCUT2D eigenvalue weighted by Crippen LogP contribution is 2.42. The van der Waals surface area contributed by atoms with Crippen molar-refractivity contribution in [3.8, 4) is 10.7 Å². The van der Waals surface area contributed by atoms with Crippen LogP contribution in [-0.4, -0.2) is 75.5 Å². The molecule has 0 bridgehead atoms. The summed E-state index contributed by atoms with van der Waals surface area (Å²) in [5, 5.41) is 8.71. The van der Waals surface area contributed by atoms with E-state index in [2.05, 4.69) is 15.2 Å². The standard InChI is InChI=1S/C24H24ClN3O9S2/c1-10(29)33-9-15-18(34-11(2)30)19(35-12(3)31)20(36-13(4)32)23(37-15)39-24-26-22(27-28-24)21-17(25)14-7-5-6-8-16(14)38-21/h5-8,15,18-20,23H,9H2,1-4H3,(H,26,27,28)/t15-,18-,19+,20-,23+/m1/s1. The number of hydrogen-bond acceptors (Lipinski definition) is 13. The van der Waals surface area contributed by atoms with Crippen LogP contribution in [0.4, 0.5) is 0 Å². The van der Waals surface area contributed by atoms with Crippen LogP contribution in [-0.2, 0) is 42.9 Å². The lowest BCUT2D eigenvalue weighted by Crippen LogP contribution is -2.61. The van der Waals surface area contributed by atoms with E-state index in [0.29, 0.717) is 15.7 Å². The van der Waals surface area contributed by atoms with Crippen molar-refractivity contribution in [3.05, 3.63) is 29.3 Å². The molecule has 0 unspecified atom stereocenters. The zero-order valence-electron chi connectivity index (χ0n) is 21.2. The Hall–Kier alpha value is -3.20. The second-order valence-electron chi connectivity index (χ2n) is 8.39. The average Bonchev–Trinajstić information content (AvgIpc) is 3.45. The van der Waals surface area contributed by atoms with Crippen molar-refractivity contribution in [2.75, 3.05) is 6.61 Å². The van der Waals surface area contributed by atoms with Crippen LogP contribution in [0.3, 0.4) is 0 Å². The predicted molar refractivity (Wildman–Crippen MR) is 140 cm³/mol. The van der Waals surface area contributed by atoms with Gasteiger partial charge in [-0.2, -0.15) is 0 Å². The number of carbonyl (C=O) groups excluding carboxylic acids is 4. The van der Waals surface area contributed by atoms with Gasteiger partial charge < -0.3 is 23.7 Å². The molecule has 0 saturated carbocycles. The van der Waals surface area contributed by atoms with E-state index in [9.17, 15) is 19.2 Å². The number of thioether (sulfide) groups is 1. The molecule has 0 aliphatic carbocycles. The van der Waals surface area contributed by atoms with Gasteiger partial charge in [0.2, 0.25) is 5.16 Å². The number of nitrogens with zero attached hydrogens (tertiary/aromatic N) is 2. The molecular formula is C24H24ClN3O9S2. The van der Waals surface area contributed by atoms with Gasteiger partial charge in [-0.05, 0) is 17.8 Å². The zero-order chi connectivity index (χ0) is 28.3. The third-order valence-corrected chi connectivity index (χ3v) is 8.07. The lowest BCUT2D eigenvalue weighted by Gasteiger charge is -2.43. The average molecular weight is 598 g/mol. The molecule has 2 aromatic heterocycles. The molecule has 1 fully saturated rings. The van der Waals surface area contributed by atoms with Gasteiger partial charge in [-0.25, -0.2) is 4.98 Å². The van der Waals surface area contributed by atoms with E-state index in [-0.39, 0.29) is 11.8 Å². The van der Waals surface area contributed by atoms with Crippen LogP contribution >= 0.6 is 34.7 Å². The molecule has 208 valence electrons. The Kier molecular flexibility index (Phi) is 9.10. The van der Waals surface area contributed by atoms with Gasteiger partial charge in [0.15, 0.2) is 29.6 Å². The number of thiophene rings is 1. The fourth-order valence-electron chi connectivity index (χ4n) is 3.95. The van der Waals surface area contributed by atoms with Gasteiger partial charge in [0, 0.05) is 37.8 Å². The number of ether oxygens (including phenoxy) is 5. The van der Waals surface area contributed by atoms with Crippen LogP contribution in [0.5, 0.6) is 0 Å². The Morgan fingerprint density at radius 1 is 0.974 bits per heavy atom. The van der Waals surface area contributed by atoms with Crippen molar-refractivity contribution >= 4 is 68.7 Å². The largest absolute Gasteiger partial charge is 0.463 e. The molecule has 1 saturated heterocycles. The second kappa shape index (κ2) is 12.3. The molecule has 4 rings (SSSR count). The Labute approximate surface area is 235 Å². The van der Waals surface area contributed by atoms with Crippen molar-refractivity contribution in [2.24, 2.45) is 0 Å². The molecule has 5 atom stereocenters. The van der Waals surface area contributed by atoms with Crippen molar-refractivity contribution in [1.29, 1.82) is 0 Å². The first-order valence-corrected chi connectivity index (χ1v) is 13.7. The van der Waals surface area contributed by atoms with Gasteiger partial charge in [-0.3, -0.25) is 24.3 Å². The summed E-state index contributed by atoms with van der Waals surface area (Å²) in [5.41, 5.74) is -1.05. The van der Waals surface area contributed by atoms with Gasteiger partial charge in [-0.15, -0.1) is 16.4 Å². The van der Waals surface area contributed by atoms with E-state index in [1.165, 1.54) is 25.2 Å². The van der Waals surface area contributed by atoms with Crippen molar-refractivity contribution in [3.63, 3.8) is 0 Å². The fraction of sp³-hybridized carbons (Fsp3) is 0.417. The third kappa shape index (κ3) is 6.87. The SMILES string of the molecule is CC(=O)OC[C@H]1O[C@@H](Sc2n[nH]c(-c3sc4ccccc4c3Cl)n2)[C@H](OC(C)=O)[C@@H](OC(C)=O)[C@@H]1OC(C)=O. The first kappa shape index (κ1) is 28.8.